The Kier molecular flexibility index (Phi) is 6.79. The summed E-state index contributed by atoms with van der Waals surface area (Å²) in [4.78, 5) is 12.6. The molecule has 1 unspecified atom stereocenters. The van der Waals surface area contributed by atoms with E-state index in [1.165, 1.54) is 10.6 Å². The van der Waals surface area contributed by atoms with Crippen LogP contribution in [0.5, 0.6) is 11.5 Å². The summed E-state index contributed by atoms with van der Waals surface area (Å²) in [5.41, 5.74) is 3.73. The van der Waals surface area contributed by atoms with Crippen LogP contribution in [0.2, 0.25) is 0 Å². The number of rotatable bonds is 7. The van der Waals surface area contributed by atoms with Gasteiger partial charge < -0.3 is 14.8 Å². The van der Waals surface area contributed by atoms with Crippen LogP contribution in [0, 0.1) is 13.8 Å². The van der Waals surface area contributed by atoms with Gasteiger partial charge >= 0.3 is 0 Å². The third kappa shape index (κ3) is 5.34. The lowest BCUT2D eigenvalue weighted by molar-refractivity contribution is 0.0789. The average molecular weight is 481 g/mol. The third-order valence-electron chi connectivity index (χ3n) is 5.69. The van der Waals surface area contributed by atoms with E-state index >= 15 is 0 Å². The molecule has 1 heterocycles. The van der Waals surface area contributed by atoms with E-state index in [-0.39, 0.29) is 18.6 Å². The fourth-order valence-electron chi connectivity index (χ4n) is 3.96. The molecule has 0 aliphatic carbocycles. The molecule has 1 atom stereocenters. The average Bonchev–Trinajstić information content (AvgIpc) is 2.81. The number of carbonyl (C=O) groups is 1. The number of anilines is 1. The third-order valence-corrected chi connectivity index (χ3v) is 6.80. The SMILES string of the molecule is Cc1cccc(C)c1N(Cc1ccc(C(=O)NCC2COc3ccccc3O2)cc1)S(C)(=O)=O. The van der Waals surface area contributed by atoms with Crippen molar-refractivity contribution in [2.45, 2.75) is 26.5 Å². The number of fused-ring (bicyclic) bond motifs is 1. The lowest BCUT2D eigenvalue weighted by Crippen LogP contribution is -2.40. The predicted octanol–water partition coefficient (Wildman–Crippen LogP) is 3.84. The number of ether oxygens (including phenoxy) is 2. The molecule has 0 aromatic heterocycles. The van der Waals surface area contributed by atoms with E-state index in [4.69, 9.17) is 9.47 Å². The van der Waals surface area contributed by atoms with Crippen molar-refractivity contribution in [3.8, 4) is 11.5 Å². The van der Waals surface area contributed by atoms with Gasteiger partial charge in [-0.3, -0.25) is 9.10 Å². The quantitative estimate of drug-likeness (QED) is 0.555. The molecule has 0 radical (unpaired) electrons. The van der Waals surface area contributed by atoms with E-state index in [1.54, 1.807) is 24.3 Å². The van der Waals surface area contributed by atoms with Gasteiger partial charge in [-0.25, -0.2) is 8.42 Å². The number of para-hydroxylation sites is 3. The van der Waals surface area contributed by atoms with E-state index < -0.39 is 10.0 Å². The lowest BCUT2D eigenvalue weighted by Gasteiger charge is -2.26. The molecule has 1 aliphatic rings. The second-order valence-corrected chi connectivity index (χ2v) is 10.3. The highest BCUT2D eigenvalue weighted by Gasteiger charge is 2.23. The zero-order valence-electron chi connectivity index (χ0n) is 19.4. The van der Waals surface area contributed by atoms with Crippen molar-refractivity contribution in [2.75, 3.05) is 23.7 Å². The number of sulfonamides is 1. The highest BCUT2D eigenvalue weighted by molar-refractivity contribution is 7.92. The largest absolute Gasteiger partial charge is 0.486 e. The molecule has 0 spiro atoms. The highest BCUT2D eigenvalue weighted by atomic mass is 32.2. The number of benzene rings is 3. The summed E-state index contributed by atoms with van der Waals surface area (Å²) < 4.78 is 38.1. The monoisotopic (exact) mass is 480 g/mol. The molecule has 178 valence electrons. The molecule has 0 saturated carbocycles. The Bertz CT molecular complexity index is 1270. The maximum Gasteiger partial charge on any atom is 0.251 e. The molecular weight excluding hydrogens is 452 g/mol. The molecule has 1 aliphatic heterocycles. The van der Waals surface area contributed by atoms with Gasteiger partial charge in [0.1, 0.15) is 12.7 Å². The zero-order chi connectivity index (χ0) is 24.3. The van der Waals surface area contributed by atoms with Crippen molar-refractivity contribution in [1.29, 1.82) is 0 Å². The second-order valence-electron chi connectivity index (χ2n) is 8.41. The Labute approximate surface area is 200 Å². The normalized spacial score (nSPS) is 15.0. The first kappa shape index (κ1) is 23.6. The van der Waals surface area contributed by atoms with Crippen LogP contribution in [0.15, 0.2) is 66.7 Å². The van der Waals surface area contributed by atoms with Crippen LogP contribution in [-0.4, -0.2) is 39.8 Å². The van der Waals surface area contributed by atoms with E-state index in [1.807, 2.05) is 56.3 Å². The van der Waals surface area contributed by atoms with Gasteiger partial charge in [-0.2, -0.15) is 0 Å². The zero-order valence-corrected chi connectivity index (χ0v) is 20.3. The Hall–Kier alpha value is -3.52. The number of nitrogens with one attached hydrogen (secondary N) is 1. The van der Waals surface area contributed by atoms with Gasteiger partial charge in [-0.15, -0.1) is 0 Å². The summed E-state index contributed by atoms with van der Waals surface area (Å²) in [5.74, 6) is 1.13. The smallest absolute Gasteiger partial charge is 0.251 e. The number of hydrogen-bond acceptors (Lipinski definition) is 5. The number of nitrogens with zero attached hydrogens (tertiary/aromatic N) is 1. The summed E-state index contributed by atoms with van der Waals surface area (Å²) in [6.07, 6.45) is 0.926. The molecule has 0 saturated heterocycles. The summed E-state index contributed by atoms with van der Waals surface area (Å²) >= 11 is 0. The van der Waals surface area contributed by atoms with Crippen LogP contribution >= 0.6 is 0 Å². The van der Waals surface area contributed by atoms with E-state index in [0.29, 0.717) is 35.9 Å². The minimum atomic E-state index is -3.50. The molecular formula is C26H28N2O5S. The highest BCUT2D eigenvalue weighted by Crippen LogP contribution is 2.31. The van der Waals surface area contributed by atoms with Crippen molar-refractivity contribution >= 4 is 21.6 Å². The van der Waals surface area contributed by atoms with Gasteiger partial charge in [0, 0.05) is 5.56 Å². The number of carbonyl (C=O) groups excluding carboxylic acids is 1. The Morgan fingerprint density at radius 2 is 1.62 bits per heavy atom. The molecule has 3 aromatic rings. The van der Waals surface area contributed by atoms with Gasteiger partial charge in [0.2, 0.25) is 10.0 Å². The van der Waals surface area contributed by atoms with Crippen LogP contribution in [0.3, 0.4) is 0 Å². The molecule has 8 heteroatoms. The van der Waals surface area contributed by atoms with Crippen LogP contribution in [-0.2, 0) is 16.6 Å². The first-order chi connectivity index (χ1) is 16.2. The number of amides is 1. The first-order valence-electron chi connectivity index (χ1n) is 11.0. The van der Waals surface area contributed by atoms with Crippen molar-refractivity contribution in [1.82, 2.24) is 5.32 Å². The van der Waals surface area contributed by atoms with Crippen LogP contribution in [0.4, 0.5) is 5.69 Å². The van der Waals surface area contributed by atoms with E-state index in [2.05, 4.69) is 5.32 Å². The fraction of sp³-hybridized carbons (Fsp3) is 0.269. The molecule has 3 aromatic carbocycles. The Morgan fingerprint density at radius 1 is 0.971 bits per heavy atom. The van der Waals surface area contributed by atoms with Gasteiger partial charge in [0.25, 0.3) is 5.91 Å². The summed E-state index contributed by atoms with van der Waals surface area (Å²) in [6.45, 7) is 4.64. The summed E-state index contributed by atoms with van der Waals surface area (Å²) in [5, 5.41) is 2.87. The minimum Gasteiger partial charge on any atom is -0.486 e. The molecule has 34 heavy (non-hydrogen) atoms. The molecule has 0 bridgehead atoms. The van der Waals surface area contributed by atoms with E-state index in [9.17, 15) is 13.2 Å². The van der Waals surface area contributed by atoms with Crippen molar-refractivity contribution < 1.29 is 22.7 Å². The maximum atomic E-state index is 12.6. The number of hydrogen-bond donors (Lipinski definition) is 1. The van der Waals surface area contributed by atoms with Gasteiger partial charge in [-0.1, -0.05) is 42.5 Å². The Morgan fingerprint density at radius 3 is 2.26 bits per heavy atom. The van der Waals surface area contributed by atoms with E-state index in [0.717, 1.165) is 16.7 Å². The van der Waals surface area contributed by atoms with Gasteiger partial charge in [-0.05, 0) is 54.8 Å². The lowest BCUT2D eigenvalue weighted by atomic mass is 10.1. The Balaban J connectivity index is 1.41. The van der Waals surface area contributed by atoms with Crippen LogP contribution in [0.25, 0.3) is 0 Å². The maximum absolute atomic E-state index is 12.6. The molecule has 1 amide bonds. The van der Waals surface area contributed by atoms with Crippen molar-refractivity contribution in [2.24, 2.45) is 0 Å². The molecule has 4 rings (SSSR count). The summed E-state index contributed by atoms with van der Waals surface area (Å²) in [7, 11) is -3.50. The second kappa shape index (κ2) is 9.77. The van der Waals surface area contributed by atoms with Crippen LogP contribution in [0.1, 0.15) is 27.0 Å². The molecule has 0 fully saturated rings. The van der Waals surface area contributed by atoms with Crippen molar-refractivity contribution in [3.05, 3.63) is 89.0 Å². The standard InChI is InChI=1S/C26H28N2O5S/c1-18-7-6-8-19(2)25(18)28(34(3,30)31)16-20-11-13-21(14-12-20)26(29)27-15-22-17-32-23-9-4-5-10-24(23)33-22/h4-14,22H,15-17H2,1-3H3,(H,27,29). The number of aryl methyl sites for hydroxylation is 2. The van der Waals surface area contributed by atoms with Crippen molar-refractivity contribution in [3.63, 3.8) is 0 Å². The fourth-order valence-corrected chi connectivity index (χ4v) is 4.96. The minimum absolute atomic E-state index is 0.180. The van der Waals surface area contributed by atoms with Crippen LogP contribution < -0.4 is 19.1 Å². The molecule has 7 nitrogen and oxygen atoms in total. The predicted molar refractivity (Wildman–Crippen MR) is 132 cm³/mol. The van der Waals surface area contributed by atoms with Gasteiger partial charge in [0.05, 0.1) is 25.0 Å². The topological polar surface area (TPSA) is 84.9 Å². The molecule has 1 N–H and O–H groups in total. The van der Waals surface area contributed by atoms with Gasteiger partial charge in [0.15, 0.2) is 11.5 Å². The first-order valence-corrected chi connectivity index (χ1v) is 12.9. The summed E-state index contributed by atoms with van der Waals surface area (Å²) in [6, 6.07) is 20.1.